The van der Waals surface area contributed by atoms with Crippen molar-refractivity contribution >= 4 is 0 Å². The van der Waals surface area contributed by atoms with Crippen LogP contribution in [0.5, 0.6) is 0 Å². The second kappa shape index (κ2) is 7.61. The average molecular weight is 269 g/mol. The Morgan fingerprint density at radius 1 is 1.21 bits per heavy atom. The molecule has 3 nitrogen and oxygen atoms in total. The zero-order chi connectivity index (χ0) is 14.5. The molecular weight excluding hydrogens is 234 g/mol. The van der Waals surface area contributed by atoms with Crippen LogP contribution in [0, 0.1) is 11.3 Å². The van der Waals surface area contributed by atoms with Crippen LogP contribution in [0.3, 0.4) is 0 Å². The van der Waals surface area contributed by atoms with Gasteiger partial charge in [-0.1, -0.05) is 27.7 Å². The Hall–Kier alpha value is -0.120. The largest absolute Gasteiger partial charge is 0.316 e. The quantitative estimate of drug-likeness (QED) is 0.765. The molecule has 1 fully saturated rings. The van der Waals surface area contributed by atoms with E-state index < -0.39 is 0 Å². The van der Waals surface area contributed by atoms with Crippen LogP contribution >= 0.6 is 0 Å². The van der Waals surface area contributed by atoms with E-state index in [1.807, 2.05) is 0 Å². The van der Waals surface area contributed by atoms with Crippen molar-refractivity contribution in [1.29, 1.82) is 0 Å². The fourth-order valence-corrected chi connectivity index (χ4v) is 2.95. The number of rotatable bonds is 7. The minimum absolute atomic E-state index is 0.375. The van der Waals surface area contributed by atoms with E-state index in [1.165, 1.54) is 32.5 Å². The van der Waals surface area contributed by atoms with Crippen molar-refractivity contribution in [3.05, 3.63) is 0 Å². The summed E-state index contributed by atoms with van der Waals surface area (Å²) in [5.74, 6) is 0.742. The molecule has 0 bridgehead atoms. The lowest BCUT2D eigenvalue weighted by Crippen LogP contribution is -2.47. The van der Waals surface area contributed by atoms with Crippen molar-refractivity contribution < 1.29 is 0 Å². The van der Waals surface area contributed by atoms with Crippen molar-refractivity contribution in [2.45, 2.75) is 46.6 Å². The van der Waals surface area contributed by atoms with Gasteiger partial charge in [0.25, 0.3) is 0 Å². The molecule has 1 rings (SSSR count). The lowest BCUT2D eigenvalue weighted by Gasteiger charge is -2.39. The van der Waals surface area contributed by atoms with E-state index in [0.717, 1.165) is 25.0 Å². The van der Waals surface area contributed by atoms with Crippen molar-refractivity contribution in [3.8, 4) is 0 Å². The van der Waals surface area contributed by atoms with Crippen LogP contribution in [0.25, 0.3) is 0 Å². The average Bonchev–Trinajstić information content (AvgIpc) is 2.28. The van der Waals surface area contributed by atoms with Gasteiger partial charge in [-0.2, -0.15) is 0 Å². The normalized spacial score (nSPS) is 19.6. The monoisotopic (exact) mass is 269 g/mol. The summed E-state index contributed by atoms with van der Waals surface area (Å²) in [6.45, 7) is 15.3. The molecule has 1 aliphatic heterocycles. The van der Waals surface area contributed by atoms with Gasteiger partial charge in [0.2, 0.25) is 0 Å². The second-order valence-electron chi connectivity index (χ2n) is 7.66. The topological polar surface area (TPSA) is 18.5 Å². The molecule has 0 aromatic carbocycles. The first kappa shape index (κ1) is 16.9. The Bertz CT molecular complexity index is 240. The van der Waals surface area contributed by atoms with Gasteiger partial charge in [-0.15, -0.1) is 0 Å². The van der Waals surface area contributed by atoms with Crippen molar-refractivity contribution in [2.75, 3.05) is 46.8 Å². The lowest BCUT2D eigenvalue weighted by molar-refractivity contribution is 0.107. The molecule has 1 heterocycles. The zero-order valence-electron chi connectivity index (χ0n) is 14.0. The first-order valence-electron chi connectivity index (χ1n) is 7.89. The number of nitrogens with zero attached hydrogens (tertiary/aromatic N) is 2. The van der Waals surface area contributed by atoms with Gasteiger partial charge in [0.15, 0.2) is 0 Å². The molecule has 19 heavy (non-hydrogen) atoms. The molecule has 1 saturated heterocycles. The van der Waals surface area contributed by atoms with Gasteiger partial charge in [0, 0.05) is 19.1 Å². The van der Waals surface area contributed by atoms with Crippen LogP contribution < -0.4 is 5.32 Å². The smallest absolute Gasteiger partial charge is 0.0113 e. The summed E-state index contributed by atoms with van der Waals surface area (Å²) in [4.78, 5) is 5.03. The minimum Gasteiger partial charge on any atom is -0.316 e. The van der Waals surface area contributed by atoms with Crippen LogP contribution in [-0.2, 0) is 0 Å². The number of nitrogens with one attached hydrogen (secondary N) is 1. The summed E-state index contributed by atoms with van der Waals surface area (Å²) < 4.78 is 0. The fourth-order valence-electron chi connectivity index (χ4n) is 2.95. The first-order chi connectivity index (χ1) is 8.80. The van der Waals surface area contributed by atoms with E-state index >= 15 is 0 Å². The van der Waals surface area contributed by atoms with E-state index in [0.29, 0.717) is 5.41 Å². The SMILES string of the molecule is CC(C)CNCC(C)(C)CN1CCC(N(C)C)CC1. The highest BCUT2D eigenvalue weighted by atomic mass is 15.2. The lowest BCUT2D eigenvalue weighted by atomic mass is 9.91. The van der Waals surface area contributed by atoms with Crippen LogP contribution in [0.1, 0.15) is 40.5 Å². The van der Waals surface area contributed by atoms with E-state index in [1.54, 1.807) is 0 Å². The molecular formula is C16H35N3. The van der Waals surface area contributed by atoms with E-state index in [4.69, 9.17) is 0 Å². The van der Waals surface area contributed by atoms with Gasteiger partial charge in [-0.05, 0) is 57.9 Å². The summed E-state index contributed by atoms with van der Waals surface area (Å²) in [5.41, 5.74) is 0.375. The van der Waals surface area contributed by atoms with E-state index in [9.17, 15) is 0 Å². The number of hydrogen-bond donors (Lipinski definition) is 1. The van der Waals surface area contributed by atoms with Crippen molar-refractivity contribution in [2.24, 2.45) is 11.3 Å². The molecule has 0 radical (unpaired) electrons. The van der Waals surface area contributed by atoms with E-state index in [2.05, 4.69) is 56.9 Å². The number of likely N-dealkylation sites (tertiary alicyclic amines) is 1. The molecule has 0 aliphatic carbocycles. The minimum atomic E-state index is 0.375. The van der Waals surface area contributed by atoms with Crippen molar-refractivity contribution in [1.82, 2.24) is 15.1 Å². The first-order valence-corrected chi connectivity index (χ1v) is 7.89. The Balaban J connectivity index is 2.26. The van der Waals surface area contributed by atoms with Gasteiger partial charge in [-0.25, -0.2) is 0 Å². The van der Waals surface area contributed by atoms with Crippen LogP contribution in [0.15, 0.2) is 0 Å². The van der Waals surface area contributed by atoms with Gasteiger partial charge in [0.1, 0.15) is 0 Å². The van der Waals surface area contributed by atoms with Crippen LogP contribution in [0.2, 0.25) is 0 Å². The highest BCUT2D eigenvalue weighted by Gasteiger charge is 2.26. The molecule has 0 saturated carbocycles. The van der Waals surface area contributed by atoms with Gasteiger partial charge in [0.05, 0.1) is 0 Å². The van der Waals surface area contributed by atoms with Gasteiger partial charge in [-0.3, -0.25) is 0 Å². The molecule has 1 aliphatic rings. The summed E-state index contributed by atoms with van der Waals surface area (Å²) in [7, 11) is 4.42. The highest BCUT2D eigenvalue weighted by molar-refractivity contribution is 4.82. The molecule has 0 aromatic rings. The zero-order valence-corrected chi connectivity index (χ0v) is 14.0. The van der Waals surface area contributed by atoms with E-state index in [-0.39, 0.29) is 0 Å². The highest BCUT2D eigenvalue weighted by Crippen LogP contribution is 2.20. The second-order valence-corrected chi connectivity index (χ2v) is 7.66. The summed E-state index contributed by atoms with van der Waals surface area (Å²) in [6.07, 6.45) is 2.64. The predicted octanol–water partition coefficient (Wildman–Crippen LogP) is 2.28. The third-order valence-electron chi connectivity index (χ3n) is 4.10. The van der Waals surface area contributed by atoms with Gasteiger partial charge < -0.3 is 15.1 Å². The summed E-state index contributed by atoms with van der Waals surface area (Å²) in [6, 6.07) is 0.790. The van der Waals surface area contributed by atoms with Crippen LogP contribution in [-0.4, -0.2) is 62.7 Å². The Labute approximate surface area is 120 Å². The molecule has 0 aromatic heterocycles. The maximum atomic E-state index is 3.61. The fraction of sp³-hybridized carbons (Fsp3) is 1.00. The number of piperidine rings is 1. The molecule has 0 amide bonds. The molecule has 1 N–H and O–H groups in total. The molecule has 3 heteroatoms. The molecule has 0 spiro atoms. The van der Waals surface area contributed by atoms with Crippen molar-refractivity contribution in [3.63, 3.8) is 0 Å². The third kappa shape index (κ3) is 6.73. The molecule has 114 valence electrons. The van der Waals surface area contributed by atoms with Crippen LogP contribution in [0.4, 0.5) is 0 Å². The standard InChI is InChI=1S/C16H35N3/c1-14(2)11-17-12-16(3,4)13-19-9-7-15(8-10-19)18(5)6/h14-15,17H,7-13H2,1-6H3. The Morgan fingerprint density at radius 2 is 1.79 bits per heavy atom. The predicted molar refractivity (Wildman–Crippen MR) is 84.6 cm³/mol. The molecule has 0 atom stereocenters. The summed E-state index contributed by atoms with van der Waals surface area (Å²) >= 11 is 0. The third-order valence-corrected chi connectivity index (χ3v) is 4.10. The summed E-state index contributed by atoms with van der Waals surface area (Å²) in [5, 5.41) is 3.61. The Kier molecular flexibility index (Phi) is 6.78. The molecule has 0 unspecified atom stereocenters. The maximum Gasteiger partial charge on any atom is 0.0113 e. The number of hydrogen-bond acceptors (Lipinski definition) is 3. The Morgan fingerprint density at radius 3 is 2.26 bits per heavy atom. The van der Waals surface area contributed by atoms with Gasteiger partial charge >= 0.3 is 0 Å². The maximum absolute atomic E-state index is 3.61.